The van der Waals surface area contributed by atoms with Gasteiger partial charge in [0.25, 0.3) is 10.0 Å². The fourth-order valence-corrected chi connectivity index (χ4v) is 3.82. The first-order valence-corrected chi connectivity index (χ1v) is 9.38. The molecule has 0 atom stereocenters. The molecule has 25 heavy (non-hydrogen) atoms. The minimum Gasteiger partial charge on any atom is -0.495 e. The van der Waals surface area contributed by atoms with Crippen molar-refractivity contribution in [3.63, 3.8) is 0 Å². The molecule has 1 aliphatic heterocycles. The van der Waals surface area contributed by atoms with Gasteiger partial charge in [-0.1, -0.05) is 11.6 Å². The number of sulfonamides is 1. The van der Waals surface area contributed by atoms with Crippen molar-refractivity contribution in [2.75, 3.05) is 43.0 Å². The monoisotopic (exact) mass is 384 g/mol. The summed E-state index contributed by atoms with van der Waals surface area (Å²) in [6, 6.07) is 7.64. The van der Waals surface area contributed by atoms with Crippen molar-refractivity contribution in [3.8, 4) is 5.75 Å². The number of nitrogens with zero attached hydrogens (tertiary/aromatic N) is 3. The average molecular weight is 385 g/mol. The van der Waals surface area contributed by atoms with Gasteiger partial charge in [-0.05, 0) is 30.3 Å². The van der Waals surface area contributed by atoms with Crippen LogP contribution in [-0.2, 0) is 14.8 Å². The summed E-state index contributed by atoms with van der Waals surface area (Å²) in [5, 5.41) is 8.31. The van der Waals surface area contributed by atoms with Gasteiger partial charge < -0.3 is 14.4 Å². The molecule has 0 saturated carbocycles. The van der Waals surface area contributed by atoms with Crippen LogP contribution in [0.4, 0.5) is 11.6 Å². The number of anilines is 2. The number of nitrogens with one attached hydrogen (secondary N) is 1. The van der Waals surface area contributed by atoms with Crippen molar-refractivity contribution in [3.05, 3.63) is 35.4 Å². The molecule has 1 N–H and O–H groups in total. The first kappa shape index (κ1) is 17.7. The number of ether oxygens (including phenoxy) is 2. The third kappa shape index (κ3) is 4.12. The molecule has 0 aliphatic carbocycles. The number of benzene rings is 1. The summed E-state index contributed by atoms with van der Waals surface area (Å²) >= 11 is 5.90. The van der Waals surface area contributed by atoms with E-state index in [1.165, 1.54) is 19.2 Å². The third-order valence-corrected chi connectivity index (χ3v) is 5.25. The van der Waals surface area contributed by atoms with Crippen LogP contribution in [0.15, 0.2) is 35.2 Å². The number of aromatic nitrogens is 2. The summed E-state index contributed by atoms with van der Waals surface area (Å²) in [5.41, 5.74) is 0. The molecule has 1 aromatic heterocycles. The summed E-state index contributed by atoms with van der Waals surface area (Å²) in [4.78, 5) is 1.95. The summed E-state index contributed by atoms with van der Waals surface area (Å²) in [5.74, 6) is 0.973. The molecular formula is C15H17ClN4O4S. The predicted molar refractivity (Wildman–Crippen MR) is 93.9 cm³/mol. The van der Waals surface area contributed by atoms with E-state index in [0.29, 0.717) is 19.0 Å². The van der Waals surface area contributed by atoms with E-state index in [2.05, 4.69) is 14.9 Å². The van der Waals surface area contributed by atoms with Crippen molar-refractivity contribution in [2.24, 2.45) is 0 Å². The maximum atomic E-state index is 12.6. The largest absolute Gasteiger partial charge is 0.495 e. The molecule has 1 aromatic carbocycles. The topological polar surface area (TPSA) is 93.7 Å². The van der Waals surface area contributed by atoms with Gasteiger partial charge in [-0.25, -0.2) is 8.42 Å². The van der Waals surface area contributed by atoms with E-state index >= 15 is 0 Å². The SMILES string of the molecule is COc1ccc(Cl)cc1S(=O)(=O)Nc1ccc(N2CCOCC2)nn1. The van der Waals surface area contributed by atoms with Gasteiger partial charge in [-0.3, -0.25) is 4.72 Å². The first-order chi connectivity index (χ1) is 12.0. The molecule has 2 aromatic rings. The molecule has 1 fully saturated rings. The van der Waals surface area contributed by atoms with E-state index in [1.54, 1.807) is 18.2 Å². The predicted octanol–water partition coefficient (Wildman–Crippen LogP) is 1.78. The van der Waals surface area contributed by atoms with Gasteiger partial charge in [0.15, 0.2) is 11.6 Å². The highest BCUT2D eigenvalue weighted by atomic mass is 35.5. The van der Waals surface area contributed by atoms with E-state index in [-0.39, 0.29) is 21.5 Å². The van der Waals surface area contributed by atoms with Crippen LogP contribution in [0.3, 0.4) is 0 Å². The first-order valence-electron chi connectivity index (χ1n) is 7.52. The second kappa shape index (κ2) is 7.42. The molecule has 0 unspecified atom stereocenters. The Hall–Kier alpha value is -2.10. The Morgan fingerprint density at radius 2 is 1.96 bits per heavy atom. The Balaban J connectivity index is 1.80. The van der Waals surface area contributed by atoms with Gasteiger partial charge in [-0.2, -0.15) is 0 Å². The van der Waals surface area contributed by atoms with Crippen LogP contribution in [0, 0.1) is 0 Å². The molecule has 0 bridgehead atoms. The molecule has 8 nitrogen and oxygen atoms in total. The Morgan fingerprint density at radius 3 is 2.60 bits per heavy atom. The average Bonchev–Trinajstić information content (AvgIpc) is 2.63. The zero-order valence-electron chi connectivity index (χ0n) is 13.5. The molecule has 0 radical (unpaired) electrons. The molecule has 0 spiro atoms. The van der Waals surface area contributed by atoms with E-state index in [4.69, 9.17) is 21.1 Å². The van der Waals surface area contributed by atoms with Gasteiger partial charge in [0, 0.05) is 18.1 Å². The highest BCUT2D eigenvalue weighted by molar-refractivity contribution is 7.92. The lowest BCUT2D eigenvalue weighted by molar-refractivity contribution is 0.122. The molecule has 134 valence electrons. The molecule has 10 heteroatoms. The van der Waals surface area contributed by atoms with Crippen LogP contribution >= 0.6 is 11.6 Å². The minimum absolute atomic E-state index is 0.0680. The van der Waals surface area contributed by atoms with Gasteiger partial charge in [0.1, 0.15) is 10.6 Å². The molecule has 2 heterocycles. The highest BCUT2D eigenvalue weighted by Gasteiger charge is 2.21. The molecule has 3 rings (SSSR count). The minimum atomic E-state index is -3.91. The van der Waals surface area contributed by atoms with Crippen molar-refractivity contribution >= 4 is 33.3 Å². The van der Waals surface area contributed by atoms with Gasteiger partial charge >= 0.3 is 0 Å². The Morgan fingerprint density at radius 1 is 1.20 bits per heavy atom. The van der Waals surface area contributed by atoms with Crippen LogP contribution in [0.2, 0.25) is 5.02 Å². The molecule has 0 amide bonds. The number of halogens is 1. The maximum absolute atomic E-state index is 12.6. The summed E-state index contributed by atoms with van der Waals surface area (Å²) in [6.45, 7) is 2.70. The van der Waals surface area contributed by atoms with E-state index < -0.39 is 10.0 Å². The number of hydrogen-bond acceptors (Lipinski definition) is 7. The zero-order chi connectivity index (χ0) is 17.9. The van der Waals surface area contributed by atoms with Crippen molar-refractivity contribution in [1.82, 2.24) is 10.2 Å². The van der Waals surface area contributed by atoms with Crippen molar-refractivity contribution < 1.29 is 17.9 Å². The lowest BCUT2D eigenvalue weighted by atomic mass is 10.3. The highest BCUT2D eigenvalue weighted by Crippen LogP contribution is 2.28. The van der Waals surface area contributed by atoms with E-state index in [9.17, 15) is 8.42 Å². The smallest absolute Gasteiger partial charge is 0.266 e. The Kier molecular flexibility index (Phi) is 5.26. The van der Waals surface area contributed by atoms with Crippen LogP contribution < -0.4 is 14.4 Å². The van der Waals surface area contributed by atoms with E-state index in [0.717, 1.165) is 13.1 Å². The van der Waals surface area contributed by atoms with Crippen molar-refractivity contribution in [1.29, 1.82) is 0 Å². The lowest BCUT2D eigenvalue weighted by Crippen LogP contribution is -2.36. The maximum Gasteiger partial charge on any atom is 0.266 e. The fourth-order valence-electron chi connectivity index (χ4n) is 2.39. The molecule has 1 saturated heterocycles. The summed E-state index contributed by atoms with van der Waals surface area (Å²) in [7, 11) is -2.52. The van der Waals surface area contributed by atoms with Gasteiger partial charge in [0.05, 0.1) is 20.3 Å². The lowest BCUT2D eigenvalue weighted by Gasteiger charge is -2.27. The van der Waals surface area contributed by atoms with Crippen LogP contribution in [0.1, 0.15) is 0 Å². The van der Waals surface area contributed by atoms with Crippen LogP contribution in [-0.4, -0.2) is 52.0 Å². The second-order valence-corrected chi connectivity index (χ2v) is 7.36. The zero-order valence-corrected chi connectivity index (χ0v) is 15.0. The normalized spacial score (nSPS) is 15.0. The third-order valence-electron chi connectivity index (χ3n) is 3.64. The van der Waals surface area contributed by atoms with Gasteiger partial charge in [0.2, 0.25) is 0 Å². The Bertz CT molecular complexity index is 839. The standard InChI is InChI=1S/C15H17ClN4O4S/c1-23-12-3-2-11(16)10-13(12)25(21,22)19-14-4-5-15(18-17-14)20-6-8-24-9-7-20/h2-5,10H,6-9H2,1H3,(H,17,19). The van der Waals surface area contributed by atoms with Crippen molar-refractivity contribution in [2.45, 2.75) is 4.90 Å². The van der Waals surface area contributed by atoms with E-state index in [1.807, 2.05) is 4.90 Å². The second-order valence-electron chi connectivity index (χ2n) is 5.28. The molecule has 1 aliphatic rings. The fraction of sp³-hybridized carbons (Fsp3) is 0.333. The number of methoxy groups -OCH3 is 1. The number of rotatable bonds is 5. The summed E-state index contributed by atoms with van der Waals surface area (Å²) < 4.78 is 37.9. The van der Waals surface area contributed by atoms with Gasteiger partial charge in [-0.15, -0.1) is 10.2 Å². The Labute approximate surface area is 150 Å². The molecular weight excluding hydrogens is 368 g/mol. The van der Waals surface area contributed by atoms with Crippen LogP contribution in [0.25, 0.3) is 0 Å². The quantitative estimate of drug-likeness (QED) is 0.839. The number of hydrogen-bond donors (Lipinski definition) is 1. The summed E-state index contributed by atoms with van der Waals surface area (Å²) in [6.07, 6.45) is 0. The number of morpholine rings is 1. The van der Waals surface area contributed by atoms with Crippen LogP contribution in [0.5, 0.6) is 5.75 Å².